The Morgan fingerprint density at radius 3 is 2.08 bits per heavy atom. The van der Waals surface area contributed by atoms with E-state index in [1.807, 2.05) is 60.7 Å². The van der Waals surface area contributed by atoms with Crippen molar-refractivity contribution in [2.45, 2.75) is 121 Å². The Morgan fingerprint density at radius 2 is 1.45 bits per heavy atom. The normalized spacial score (nSPS) is 14.9. The first kappa shape index (κ1) is 61.5. The number of nitrogens with one attached hydrogen (secondary N) is 7. The van der Waals surface area contributed by atoms with Gasteiger partial charge in [0.1, 0.15) is 42.9 Å². The lowest BCUT2D eigenvalue weighted by Gasteiger charge is -2.31. The molecule has 418 valence electrons. The third-order valence-electron chi connectivity index (χ3n) is 11.5. The van der Waals surface area contributed by atoms with E-state index >= 15 is 0 Å². The maximum atomic E-state index is 14.5. The zero-order chi connectivity index (χ0) is 56.5. The molecule has 1 aliphatic heterocycles. The van der Waals surface area contributed by atoms with Crippen LogP contribution >= 0.6 is 11.6 Å². The molecule has 0 radical (unpaired) electrons. The van der Waals surface area contributed by atoms with Gasteiger partial charge in [0.15, 0.2) is 11.6 Å². The van der Waals surface area contributed by atoms with Crippen LogP contribution in [0.2, 0.25) is 5.02 Å². The molecule has 5 atom stereocenters. The molecule has 0 saturated carbocycles. The molecule has 25 nitrogen and oxygen atoms in total. The van der Waals surface area contributed by atoms with E-state index in [-0.39, 0.29) is 58.3 Å². The Morgan fingerprint density at radius 1 is 0.818 bits per heavy atom. The van der Waals surface area contributed by atoms with E-state index in [0.29, 0.717) is 23.4 Å². The second kappa shape index (κ2) is 31.1. The molecule has 7 amide bonds. The smallest absolute Gasteiger partial charge is 0.408 e. The van der Waals surface area contributed by atoms with E-state index in [1.165, 1.54) is 11.8 Å². The molecule has 10 N–H and O–H groups in total. The van der Waals surface area contributed by atoms with E-state index in [2.05, 4.69) is 36.9 Å². The molecule has 26 heteroatoms. The molecule has 3 aromatic carbocycles. The van der Waals surface area contributed by atoms with Gasteiger partial charge in [-0.3, -0.25) is 28.8 Å². The van der Waals surface area contributed by atoms with Crippen LogP contribution in [0.1, 0.15) is 95.4 Å². The summed E-state index contributed by atoms with van der Waals surface area (Å²) in [6.07, 6.45) is -2.37. The predicted molar refractivity (Wildman–Crippen MR) is 280 cm³/mol. The fourth-order valence-electron chi connectivity index (χ4n) is 7.83. The summed E-state index contributed by atoms with van der Waals surface area (Å²) < 4.78 is 15.7. The highest BCUT2D eigenvalue weighted by molar-refractivity contribution is 6.31. The van der Waals surface area contributed by atoms with E-state index in [9.17, 15) is 53.6 Å². The van der Waals surface area contributed by atoms with E-state index in [1.54, 1.807) is 50.5 Å². The van der Waals surface area contributed by atoms with Crippen LogP contribution < -0.4 is 43.1 Å². The van der Waals surface area contributed by atoms with Gasteiger partial charge in [0, 0.05) is 30.2 Å². The van der Waals surface area contributed by atoms with Crippen LogP contribution in [0, 0.1) is 10.1 Å². The summed E-state index contributed by atoms with van der Waals surface area (Å²) in [6.45, 7) is 4.58. The highest BCUT2D eigenvalue weighted by atomic mass is 35.5. The number of guanidine groups is 1. The molecule has 0 aromatic heterocycles. The fourth-order valence-corrected chi connectivity index (χ4v) is 8.02. The molecule has 0 unspecified atom stereocenters. The molecule has 0 spiro atoms. The van der Waals surface area contributed by atoms with Crippen LogP contribution in [-0.4, -0.2) is 137 Å². The first-order chi connectivity index (χ1) is 36.6. The van der Waals surface area contributed by atoms with Gasteiger partial charge in [0.05, 0.1) is 12.1 Å². The highest BCUT2D eigenvalue weighted by Crippen LogP contribution is 2.23. The minimum atomic E-state index is -1.58. The van der Waals surface area contributed by atoms with Gasteiger partial charge in [-0.05, 0) is 89.8 Å². The zero-order valence-corrected chi connectivity index (χ0v) is 44.0. The Balaban J connectivity index is 1.44. The van der Waals surface area contributed by atoms with Crippen molar-refractivity contribution in [3.8, 4) is 0 Å². The van der Waals surface area contributed by atoms with Crippen LogP contribution in [0.3, 0.4) is 0 Å². The zero-order valence-electron chi connectivity index (χ0n) is 43.3. The average Bonchev–Trinajstić information content (AvgIpc) is 3.88. The molecule has 4 rings (SSSR count). The van der Waals surface area contributed by atoms with Gasteiger partial charge in [-0.2, -0.15) is 0 Å². The molecule has 1 heterocycles. The van der Waals surface area contributed by atoms with Crippen molar-refractivity contribution in [3.63, 3.8) is 0 Å². The van der Waals surface area contributed by atoms with E-state index < -0.39 is 114 Å². The number of unbranched alkanes of at least 4 members (excludes halogenated alkanes) is 1. The van der Waals surface area contributed by atoms with Crippen molar-refractivity contribution in [1.29, 1.82) is 0 Å². The number of carbonyl (C=O) groups is 8. The van der Waals surface area contributed by atoms with Crippen molar-refractivity contribution in [1.82, 2.24) is 42.2 Å². The number of nitrogens with zero attached hydrogens (tertiary/aromatic N) is 3. The number of rotatable bonds is 27. The maximum absolute atomic E-state index is 14.5. The summed E-state index contributed by atoms with van der Waals surface area (Å²) in [4.78, 5) is 123. The molecule has 1 fully saturated rings. The molecule has 1 saturated heterocycles. The summed E-state index contributed by atoms with van der Waals surface area (Å²) in [5.41, 5.74) is 8.43. The number of nitrogens with two attached hydrogens (primary N) is 1. The maximum Gasteiger partial charge on any atom is 0.408 e. The Kier molecular flexibility index (Phi) is 24.8. The number of hydrogen-bond acceptors (Lipinski definition) is 15. The quantitative estimate of drug-likeness (QED) is 0.0101. The molecule has 77 heavy (non-hydrogen) atoms. The number of hydrogen-bond donors (Lipinski definition) is 9. The second-order valence-corrected chi connectivity index (χ2v) is 19.2. The number of alkyl carbamates (subject to hydrolysis) is 2. The van der Waals surface area contributed by atoms with Crippen LogP contribution in [0.4, 0.5) is 9.59 Å². The van der Waals surface area contributed by atoms with Crippen molar-refractivity contribution < 1.29 is 62.7 Å². The third kappa shape index (κ3) is 22.0. The van der Waals surface area contributed by atoms with Crippen molar-refractivity contribution in [2.75, 3.05) is 32.8 Å². The Bertz CT molecular complexity index is 2480. The highest BCUT2D eigenvalue weighted by Gasteiger charge is 2.40. The summed E-state index contributed by atoms with van der Waals surface area (Å²) in [5.74, 6) is -5.42. The number of hydrazine groups is 1. The molecular weight excluding hydrogens is 1030 g/mol. The first-order valence-electron chi connectivity index (χ1n) is 24.9. The van der Waals surface area contributed by atoms with E-state index in [0.717, 1.165) is 11.1 Å². The number of aliphatic hydroxyl groups excluding tert-OH is 1. The van der Waals surface area contributed by atoms with Gasteiger partial charge in [-0.15, -0.1) is 0 Å². The average molecular weight is 1090 g/mol. The predicted octanol–water partition coefficient (Wildman–Crippen LogP) is 2.41. The summed E-state index contributed by atoms with van der Waals surface area (Å²) in [6, 6.07) is 19.1. The fraction of sp³-hybridized carbons (Fsp3) is 0.471. The van der Waals surface area contributed by atoms with Crippen LogP contribution in [0.15, 0.2) is 89.9 Å². The number of ether oxygens (including phenoxy) is 3. The van der Waals surface area contributed by atoms with Crippen molar-refractivity contribution >= 4 is 65.3 Å². The van der Waals surface area contributed by atoms with Gasteiger partial charge in [-0.25, -0.2) is 24.7 Å². The number of nitro groups is 1. The number of carbonyl (C=O) groups excluding carboxylic acids is 8. The SMILES string of the molecule is C[C@@H](O)[C@H](NC(=O)OC(C)(C)C)C(=O)N[C@@H](CCCCNC(=O)OCc1ccccc1Cl)C(=O)N1CCC[C@H]1C(=O)N[C@@H](CCCN=C(N)N[N+](=O)[O-])C(=O)NCC(=O)OCC(=O)NC(c1ccccc1)c1ccccc1. The lowest BCUT2D eigenvalue weighted by atomic mass is 9.99. The van der Waals surface area contributed by atoms with Crippen molar-refractivity contribution in [3.05, 3.63) is 117 Å². The lowest BCUT2D eigenvalue weighted by Crippen LogP contribution is -2.59. The van der Waals surface area contributed by atoms with Gasteiger partial charge >= 0.3 is 18.2 Å². The topological polar surface area (TPSA) is 353 Å². The molecule has 3 aromatic rings. The monoisotopic (exact) mass is 1090 g/mol. The summed E-state index contributed by atoms with van der Waals surface area (Å²) >= 11 is 6.15. The first-order valence-corrected chi connectivity index (χ1v) is 25.3. The number of aliphatic hydroxyl groups is 1. The largest absolute Gasteiger partial charge is 0.454 e. The summed E-state index contributed by atoms with van der Waals surface area (Å²) in [5, 5.41) is 36.3. The van der Waals surface area contributed by atoms with Gasteiger partial charge in [-0.1, -0.05) is 95.9 Å². The number of aliphatic imine (C=N–C) groups is 1. The Labute approximate surface area is 450 Å². The minimum absolute atomic E-state index is 0.0320. The molecule has 0 aliphatic carbocycles. The lowest BCUT2D eigenvalue weighted by molar-refractivity contribution is -0.525. The standard InChI is InChI=1S/C51H68ClN11O14/c1-32(64)42(60-50(72)77-51(2,3)4)46(69)58-38(23-13-14-26-55-49(71)76-30-35-21-11-12-22-36(35)52)47(70)62-28-16-25-39(62)45(68)57-37(24-15-27-54-48(53)61-63(73)74)44(67)56-29-41(66)75-31-40(65)59-43(33-17-7-5-8-18-33)34-19-9-6-10-20-34/h5-12,17-22,32,37-39,42-43,64H,13-16,23-31H2,1-4H3,(H,55,71)(H,56,67)(H,57,68)(H,58,69)(H,59,65)(H,60,72)(H3,53,54,61)/t32-,37+,38+,39+,42+/m1/s1. The third-order valence-corrected chi connectivity index (χ3v) is 11.9. The van der Waals surface area contributed by atoms with Gasteiger partial charge < -0.3 is 61.9 Å². The molecule has 1 aliphatic rings. The summed E-state index contributed by atoms with van der Waals surface area (Å²) in [7, 11) is 0. The van der Waals surface area contributed by atoms with Gasteiger partial charge in [0.2, 0.25) is 23.6 Å². The van der Waals surface area contributed by atoms with Crippen LogP contribution in [-0.2, 0) is 49.6 Å². The van der Waals surface area contributed by atoms with E-state index in [4.69, 9.17) is 31.5 Å². The number of halogens is 1. The van der Waals surface area contributed by atoms with Crippen LogP contribution in [0.25, 0.3) is 0 Å². The number of esters is 1. The number of amides is 7. The van der Waals surface area contributed by atoms with Crippen molar-refractivity contribution in [2.24, 2.45) is 10.7 Å². The minimum Gasteiger partial charge on any atom is -0.454 e. The number of likely N-dealkylation sites (tertiary alicyclic amines) is 1. The van der Waals surface area contributed by atoms with Gasteiger partial charge in [0.25, 0.3) is 11.9 Å². The second-order valence-electron chi connectivity index (χ2n) is 18.7. The molecule has 0 bridgehead atoms. The van der Waals surface area contributed by atoms with Crippen LogP contribution in [0.5, 0.6) is 0 Å². The Hall–Kier alpha value is -8.06. The molecular formula is C51H68ClN11O14. The number of benzene rings is 3.